The molecule has 2 aliphatic heterocycles. The topological polar surface area (TPSA) is 161 Å². The molecule has 210 valence electrons. The van der Waals surface area contributed by atoms with Crippen LogP contribution in [0.1, 0.15) is 40.5 Å². The average molecular weight is 548 g/mol. The Kier molecular flexibility index (Phi) is 7.09. The molecule has 40 heavy (non-hydrogen) atoms. The molecule has 2 fully saturated rings. The summed E-state index contributed by atoms with van der Waals surface area (Å²) in [4.78, 5) is 29.8. The van der Waals surface area contributed by atoms with Crippen molar-refractivity contribution in [1.82, 2.24) is 29.6 Å². The highest BCUT2D eigenvalue weighted by Crippen LogP contribution is 2.33. The van der Waals surface area contributed by atoms with Crippen LogP contribution in [0.25, 0.3) is 11.1 Å². The van der Waals surface area contributed by atoms with Crippen molar-refractivity contribution in [2.75, 3.05) is 43.6 Å². The number of fused-ring (bicyclic) bond motifs is 1. The maximum Gasteiger partial charge on any atom is 0.298 e. The second-order valence-corrected chi connectivity index (χ2v) is 10.5. The van der Waals surface area contributed by atoms with Gasteiger partial charge in [-0.15, -0.1) is 0 Å². The Bertz CT molecular complexity index is 1510. The molecule has 2 aliphatic rings. The Balaban J connectivity index is 1.11. The number of ether oxygens (including phenoxy) is 1. The van der Waals surface area contributed by atoms with Crippen molar-refractivity contribution in [2.45, 2.75) is 37.5 Å². The van der Waals surface area contributed by atoms with E-state index in [4.69, 9.17) is 14.9 Å². The van der Waals surface area contributed by atoms with Gasteiger partial charge in [0, 0.05) is 58.4 Å². The fraction of sp³-hybridized carbons (Fsp3) is 0.444. The molecule has 5 heterocycles. The lowest BCUT2D eigenvalue weighted by Crippen LogP contribution is -2.45. The maximum absolute atomic E-state index is 12.1. The lowest BCUT2D eigenvalue weighted by Gasteiger charge is -2.37. The van der Waals surface area contributed by atoms with Crippen LogP contribution in [0.15, 0.2) is 41.2 Å². The number of rotatable bonds is 10. The van der Waals surface area contributed by atoms with Crippen LogP contribution in [0, 0.1) is 0 Å². The molecule has 1 aromatic carbocycles. The lowest BCUT2D eigenvalue weighted by atomic mass is 9.97. The minimum absolute atomic E-state index is 0.0549. The van der Waals surface area contributed by atoms with E-state index in [0.717, 1.165) is 30.5 Å². The molecule has 0 spiro atoms. The molecule has 2 saturated heterocycles. The van der Waals surface area contributed by atoms with Gasteiger partial charge in [-0.05, 0) is 30.5 Å². The van der Waals surface area contributed by atoms with E-state index >= 15 is 0 Å². The first kappa shape index (κ1) is 26.2. The third-order valence-electron chi connectivity index (χ3n) is 7.59. The number of aromatic nitrogens is 5. The number of carbonyl (C=O) groups is 1. The van der Waals surface area contributed by atoms with Crippen molar-refractivity contribution < 1.29 is 19.1 Å². The number of nitrogens with zero attached hydrogens (tertiary/aromatic N) is 7. The highest BCUT2D eigenvalue weighted by atomic mass is 16.5. The van der Waals surface area contributed by atoms with Gasteiger partial charge >= 0.3 is 0 Å². The standard InChI is InChI=1S/C27H33N9O4/c1-34-14-18(10-30-34)31-26-24(25(28)38)32-21(11-29-26)17-12-35(13-17)27-33-20-6-5-16(8-22(20)40-27)9-23(37)36-7-3-4-19(36)15-39-2/h5-6,8,10-11,14,17,19,23,37H,3-4,7,9,12-13,15H2,1-2H3,(H2,28,38)(H,29,31)/t19-,23?/m1/s1. The first-order valence-corrected chi connectivity index (χ1v) is 13.4. The number of benzene rings is 1. The van der Waals surface area contributed by atoms with Crippen LogP contribution in [0.5, 0.6) is 0 Å². The monoisotopic (exact) mass is 547 g/mol. The normalized spacial score (nSPS) is 18.8. The Labute approximate surface area is 230 Å². The number of aryl methyl sites for hydroxylation is 1. The van der Waals surface area contributed by atoms with E-state index in [0.29, 0.717) is 54.9 Å². The molecule has 13 heteroatoms. The zero-order valence-electron chi connectivity index (χ0n) is 22.5. The van der Waals surface area contributed by atoms with Gasteiger partial charge in [0.2, 0.25) is 0 Å². The molecule has 2 atom stereocenters. The van der Waals surface area contributed by atoms with E-state index < -0.39 is 12.1 Å². The summed E-state index contributed by atoms with van der Waals surface area (Å²) < 4.78 is 13.0. The second-order valence-electron chi connectivity index (χ2n) is 10.5. The Morgan fingerprint density at radius 1 is 1.30 bits per heavy atom. The van der Waals surface area contributed by atoms with E-state index in [9.17, 15) is 9.90 Å². The molecule has 0 aliphatic carbocycles. The van der Waals surface area contributed by atoms with Gasteiger partial charge in [-0.2, -0.15) is 10.1 Å². The second kappa shape index (κ2) is 10.8. The van der Waals surface area contributed by atoms with Gasteiger partial charge in [0.15, 0.2) is 17.1 Å². The SMILES string of the molecule is COC[C@H]1CCCN1C(O)Cc1ccc2nc(N3CC(c4cnc(Nc5cnn(C)c5)c(C(N)=O)n4)C3)oc2c1. The van der Waals surface area contributed by atoms with Crippen LogP contribution in [0.2, 0.25) is 0 Å². The van der Waals surface area contributed by atoms with Gasteiger partial charge in [0.05, 0.1) is 30.4 Å². The van der Waals surface area contributed by atoms with Crippen LogP contribution in [-0.2, 0) is 18.2 Å². The van der Waals surface area contributed by atoms with Gasteiger partial charge in [-0.3, -0.25) is 14.4 Å². The highest BCUT2D eigenvalue weighted by molar-refractivity contribution is 5.96. The first-order valence-electron chi connectivity index (χ1n) is 13.4. The Hall–Kier alpha value is -4.07. The molecule has 4 N–H and O–H groups in total. The van der Waals surface area contributed by atoms with Gasteiger partial charge in [0.1, 0.15) is 11.7 Å². The number of aliphatic hydroxyl groups is 1. The first-order chi connectivity index (χ1) is 19.4. The van der Waals surface area contributed by atoms with Crippen LogP contribution >= 0.6 is 0 Å². The Morgan fingerprint density at radius 2 is 2.15 bits per heavy atom. The number of nitrogens with two attached hydrogens (primary N) is 1. The number of hydrogen-bond acceptors (Lipinski definition) is 11. The van der Waals surface area contributed by atoms with E-state index in [1.54, 1.807) is 37.4 Å². The fourth-order valence-corrected chi connectivity index (χ4v) is 5.48. The van der Waals surface area contributed by atoms with Crippen molar-refractivity contribution in [3.8, 4) is 0 Å². The number of anilines is 3. The number of oxazole rings is 1. The molecule has 1 unspecified atom stereocenters. The number of carbonyl (C=O) groups excluding carboxylic acids is 1. The molecular weight excluding hydrogens is 514 g/mol. The van der Waals surface area contributed by atoms with E-state index in [1.165, 1.54) is 0 Å². The predicted molar refractivity (Wildman–Crippen MR) is 147 cm³/mol. The fourth-order valence-electron chi connectivity index (χ4n) is 5.48. The molecule has 1 amide bonds. The minimum atomic E-state index is -0.657. The molecule has 4 aromatic rings. The highest BCUT2D eigenvalue weighted by Gasteiger charge is 2.34. The van der Waals surface area contributed by atoms with E-state index in [1.807, 2.05) is 23.1 Å². The van der Waals surface area contributed by atoms with E-state index in [-0.39, 0.29) is 17.7 Å². The number of amides is 1. The molecule has 13 nitrogen and oxygen atoms in total. The number of likely N-dealkylation sites (tertiary alicyclic amines) is 1. The molecule has 0 radical (unpaired) electrons. The molecule has 0 saturated carbocycles. The number of methoxy groups -OCH3 is 1. The summed E-state index contributed by atoms with van der Waals surface area (Å²) in [6.07, 6.45) is 7.08. The largest absolute Gasteiger partial charge is 0.423 e. The summed E-state index contributed by atoms with van der Waals surface area (Å²) in [5.41, 5.74) is 9.48. The van der Waals surface area contributed by atoms with Gasteiger partial charge in [0.25, 0.3) is 11.9 Å². The predicted octanol–water partition coefficient (Wildman–Crippen LogP) is 1.77. The molecule has 3 aromatic heterocycles. The van der Waals surface area contributed by atoms with Crippen molar-refractivity contribution >= 4 is 34.5 Å². The average Bonchev–Trinajstić information content (AvgIpc) is 3.64. The van der Waals surface area contributed by atoms with Crippen LogP contribution in [0.3, 0.4) is 0 Å². The smallest absolute Gasteiger partial charge is 0.298 e. The van der Waals surface area contributed by atoms with E-state index in [2.05, 4.69) is 30.3 Å². The third kappa shape index (κ3) is 5.22. The van der Waals surface area contributed by atoms with Crippen molar-refractivity contribution in [3.63, 3.8) is 0 Å². The quantitative estimate of drug-likeness (QED) is 0.265. The number of nitrogens with one attached hydrogen (secondary N) is 1. The number of aliphatic hydroxyl groups excluding tert-OH is 1. The summed E-state index contributed by atoms with van der Waals surface area (Å²) in [6, 6.07) is 6.64. The van der Waals surface area contributed by atoms with Crippen LogP contribution in [-0.4, -0.2) is 86.3 Å². The van der Waals surface area contributed by atoms with Crippen LogP contribution in [0.4, 0.5) is 17.5 Å². The Morgan fingerprint density at radius 3 is 2.90 bits per heavy atom. The third-order valence-corrected chi connectivity index (χ3v) is 7.59. The number of hydrogen-bond donors (Lipinski definition) is 3. The minimum Gasteiger partial charge on any atom is -0.423 e. The van der Waals surface area contributed by atoms with Crippen molar-refractivity contribution in [1.29, 1.82) is 0 Å². The summed E-state index contributed by atoms with van der Waals surface area (Å²) in [6.45, 7) is 2.74. The molecule has 6 rings (SSSR count). The summed E-state index contributed by atoms with van der Waals surface area (Å²) in [7, 11) is 3.49. The number of primary amides is 1. The molecule has 0 bridgehead atoms. The van der Waals surface area contributed by atoms with Gasteiger partial charge in [-0.25, -0.2) is 9.97 Å². The van der Waals surface area contributed by atoms with Crippen molar-refractivity contribution in [2.24, 2.45) is 12.8 Å². The van der Waals surface area contributed by atoms with Crippen LogP contribution < -0.4 is 16.0 Å². The zero-order chi connectivity index (χ0) is 27.8. The van der Waals surface area contributed by atoms with Gasteiger partial charge < -0.3 is 30.2 Å². The van der Waals surface area contributed by atoms with Gasteiger partial charge in [-0.1, -0.05) is 6.07 Å². The van der Waals surface area contributed by atoms with Crippen molar-refractivity contribution in [3.05, 3.63) is 53.7 Å². The zero-order valence-corrected chi connectivity index (χ0v) is 22.5. The summed E-state index contributed by atoms with van der Waals surface area (Å²) >= 11 is 0. The maximum atomic E-state index is 12.1. The summed E-state index contributed by atoms with van der Waals surface area (Å²) in [5, 5.41) is 18.0. The summed E-state index contributed by atoms with van der Waals surface area (Å²) in [5.74, 6) is -0.311. The lowest BCUT2D eigenvalue weighted by molar-refractivity contribution is -0.0229. The molecular formula is C27H33N9O4.